The third-order valence-electron chi connectivity index (χ3n) is 6.89. The van der Waals surface area contributed by atoms with Crippen molar-refractivity contribution in [2.75, 3.05) is 12.4 Å². The number of amides is 1. The fraction of sp³-hybridized carbons (Fsp3) is 0.121. The van der Waals surface area contributed by atoms with Crippen molar-refractivity contribution in [2.45, 2.75) is 19.6 Å². The molecule has 3 heterocycles. The molecule has 0 saturated heterocycles. The normalized spacial score (nSPS) is 14.7. The quantitative estimate of drug-likeness (QED) is 0.223. The Kier molecular flexibility index (Phi) is 8.29. The van der Waals surface area contributed by atoms with Gasteiger partial charge in [-0.05, 0) is 59.8 Å². The summed E-state index contributed by atoms with van der Waals surface area (Å²) < 4.78 is 13.6. The summed E-state index contributed by atoms with van der Waals surface area (Å²) in [5.74, 6) is 0.575. The molecule has 10 heteroatoms. The molecule has 0 aliphatic carbocycles. The number of allylic oxidation sites excluding steroid dienone is 1. The van der Waals surface area contributed by atoms with Gasteiger partial charge in [0.1, 0.15) is 12.6 Å². The van der Waals surface area contributed by atoms with Crippen LogP contribution in [0.1, 0.15) is 29.0 Å². The number of nitrogens with one attached hydrogen (secondary N) is 1. The molecule has 6 rings (SSSR count). The molecular weight excluding hydrogens is 602 g/mol. The number of thiophene rings is 1. The molecule has 0 unspecified atom stereocenters. The van der Waals surface area contributed by atoms with E-state index in [4.69, 9.17) is 26.1 Å². The second kappa shape index (κ2) is 12.4. The third-order valence-corrected chi connectivity index (χ3v) is 9.07. The number of benzene rings is 3. The molecule has 0 spiro atoms. The van der Waals surface area contributed by atoms with Crippen molar-refractivity contribution < 1.29 is 14.3 Å². The summed E-state index contributed by atoms with van der Waals surface area (Å²) in [7, 11) is 1.55. The van der Waals surface area contributed by atoms with E-state index in [2.05, 4.69) is 5.32 Å². The molecule has 1 atom stereocenters. The van der Waals surface area contributed by atoms with Crippen molar-refractivity contribution in [2.24, 2.45) is 4.99 Å². The number of hydrogen-bond donors (Lipinski definition) is 1. The van der Waals surface area contributed by atoms with Gasteiger partial charge in [0.15, 0.2) is 16.3 Å². The zero-order chi connectivity index (χ0) is 29.9. The monoisotopic (exact) mass is 627 g/mol. The van der Waals surface area contributed by atoms with Crippen LogP contribution in [0, 0.1) is 0 Å². The number of ether oxygens (including phenoxy) is 2. The van der Waals surface area contributed by atoms with Crippen LogP contribution in [0.4, 0.5) is 5.69 Å². The maximum atomic E-state index is 14.0. The number of aromatic nitrogens is 1. The topological polar surface area (TPSA) is 81.9 Å². The van der Waals surface area contributed by atoms with Crippen molar-refractivity contribution >= 4 is 51.9 Å². The number of rotatable bonds is 8. The molecular formula is C33H26ClN3O4S2. The van der Waals surface area contributed by atoms with Crippen molar-refractivity contribution in [1.82, 2.24) is 4.57 Å². The van der Waals surface area contributed by atoms with E-state index in [9.17, 15) is 9.59 Å². The van der Waals surface area contributed by atoms with Gasteiger partial charge in [0.25, 0.3) is 11.5 Å². The van der Waals surface area contributed by atoms with Crippen LogP contribution in [0.25, 0.3) is 6.08 Å². The van der Waals surface area contributed by atoms with Crippen LogP contribution in [0.2, 0.25) is 5.02 Å². The van der Waals surface area contributed by atoms with E-state index in [0.29, 0.717) is 55.0 Å². The van der Waals surface area contributed by atoms with E-state index in [-0.39, 0.29) is 11.5 Å². The Morgan fingerprint density at radius 1 is 1.07 bits per heavy atom. The first-order chi connectivity index (χ1) is 20.9. The predicted octanol–water partition coefficient (Wildman–Crippen LogP) is 6.18. The highest BCUT2D eigenvalue weighted by molar-refractivity contribution is 7.10. The molecule has 0 radical (unpaired) electrons. The Balaban J connectivity index is 1.38. The molecule has 7 nitrogen and oxygen atoms in total. The average Bonchev–Trinajstić information content (AvgIpc) is 3.65. The van der Waals surface area contributed by atoms with Crippen molar-refractivity contribution in [3.8, 4) is 11.5 Å². The minimum atomic E-state index is -0.617. The second-order valence-corrected chi connectivity index (χ2v) is 12.1. The summed E-state index contributed by atoms with van der Waals surface area (Å²) >= 11 is 9.39. The molecule has 5 aromatic rings. The van der Waals surface area contributed by atoms with Crippen LogP contribution in [0.5, 0.6) is 11.5 Å². The summed E-state index contributed by atoms with van der Waals surface area (Å²) in [6.07, 6.45) is 1.76. The Labute approximate surface area is 260 Å². The fourth-order valence-electron chi connectivity index (χ4n) is 4.89. The predicted molar refractivity (Wildman–Crippen MR) is 172 cm³/mol. The van der Waals surface area contributed by atoms with E-state index in [1.165, 1.54) is 22.7 Å². The molecule has 216 valence electrons. The Morgan fingerprint density at radius 3 is 2.51 bits per heavy atom. The van der Waals surface area contributed by atoms with Crippen LogP contribution in [0.3, 0.4) is 0 Å². The molecule has 3 aromatic carbocycles. The number of fused-ring (bicyclic) bond motifs is 1. The van der Waals surface area contributed by atoms with Gasteiger partial charge >= 0.3 is 0 Å². The van der Waals surface area contributed by atoms with Gasteiger partial charge in [0.05, 0.1) is 27.9 Å². The van der Waals surface area contributed by atoms with Gasteiger partial charge in [0.2, 0.25) is 0 Å². The summed E-state index contributed by atoms with van der Waals surface area (Å²) in [6, 6.07) is 25.7. The number of carbonyl (C=O) groups is 1. The lowest BCUT2D eigenvalue weighted by Crippen LogP contribution is -2.40. The molecule has 43 heavy (non-hydrogen) atoms. The van der Waals surface area contributed by atoms with E-state index >= 15 is 0 Å². The van der Waals surface area contributed by atoms with Crippen LogP contribution >= 0.6 is 34.3 Å². The lowest BCUT2D eigenvalue weighted by molar-refractivity contribution is -0.113. The van der Waals surface area contributed by atoms with E-state index in [1.807, 2.05) is 78.2 Å². The lowest BCUT2D eigenvalue weighted by atomic mass is 10.0. The van der Waals surface area contributed by atoms with E-state index < -0.39 is 6.04 Å². The van der Waals surface area contributed by atoms with Crippen molar-refractivity contribution in [3.63, 3.8) is 0 Å². The number of methoxy groups -OCH3 is 1. The van der Waals surface area contributed by atoms with Gasteiger partial charge in [-0.2, -0.15) is 0 Å². The number of halogens is 1. The van der Waals surface area contributed by atoms with Crippen LogP contribution < -0.4 is 29.7 Å². The molecule has 1 aliphatic heterocycles. The smallest absolute Gasteiger partial charge is 0.271 e. The highest BCUT2D eigenvalue weighted by Crippen LogP contribution is 2.37. The maximum Gasteiger partial charge on any atom is 0.271 e. The Bertz CT molecular complexity index is 2000. The molecule has 0 fully saturated rings. The molecule has 1 aliphatic rings. The fourth-order valence-corrected chi connectivity index (χ4v) is 7.04. The first kappa shape index (κ1) is 28.7. The highest BCUT2D eigenvalue weighted by atomic mass is 35.5. The second-order valence-electron chi connectivity index (χ2n) is 9.73. The molecule has 0 saturated carbocycles. The summed E-state index contributed by atoms with van der Waals surface area (Å²) in [5.41, 5.74) is 3.07. The van der Waals surface area contributed by atoms with Gasteiger partial charge in [-0.25, -0.2) is 4.99 Å². The lowest BCUT2D eigenvalue weighted by Gasteiger charge is -2.24. The van der Waals surface area contributed by atoms with Crippen LogP contribution in [-0.2, 0) is 11.4 Å². The number of thiazole rings is 1. The maximum absolute atomic E-state index is 14.0. The Hall–Kier alpha value is -4.44. The zero-order valence-electron chi connectivity index (χ0n) is 23.2. The van der Waals surface area contributed by atoms with Crippen LogP contribution in [0.15, 0.2) is 111 Å². The van der Waals surface area contributed by atoms with Gasteiger partial charge in [-0.1, -0.05) is 77.5 Å². The number of para-hydroxylation sites is 1. The number of anilines is 1. The summed E-state index contributed by atoms with van der Waals surface area (Å²) in [6.45, 7) is 2.13. The Morgan fingerprint density at radius 2 is 1.81 bits per heavy atom. The van der Waals surface area contributed by atoms with E-state index in [0.717, 1.165) is 10.4 Å². The first-order valence-corrected chi connectivity index (χ1v) is 15.5. The van der Waals surface area contributed by atoms with Gasteiger partial charge in [-0.15, -0.1) is 11.3 Å². The number of carbonyl (C=O) groups excluding carboxylic acids is 1. The highest BCUT2D eigenvalue weighted by Gasteiger charge is 2.33. The first-order valence-electron chi connectivity index (χ1n) is 13.4. The SMILES string of the molecule is COc1cc(C=c2sc3n(c2=O)[C@@H](c2cccs2)C(C(=O)Nc2ccccc2)=C(C)N=3)cc(Cl)c1OCc1ccccc1. The zero-order valence-corrected chi connectivity index (χ0v) is 25.6. The average molecular weight is 628 g/mol. The largest absolute Gasteiger partial charge is 0.493 e. The molecule has 2 aromatic heterocycles. The number of hydrogen-bond acceptors (Lipinski definition) is 7. The summed E-state index contributed by atoms with van der Waals surface area (Å²) in [5, 5.41) is 5.26. The third kappa shape index (κ3) is 5.92. The van der Waals surface area contributed by atoms with Gasteiger partial charge in [0, 0.05) is 10.6 Å². The van der Waals surface area contributed by atoms with Crippen molar-refractivity contribution in [3.05, 3.63) is 142 Å². The number of nitrogens with zero attached hydrogens (tertiary/aromatic N) is 2. The van der Waals surface area contributed by atoms with Crippen LogP contribution in [-0.4, -0.2) is 17.6 Å². The minimum absolute atomic E-state index is 0.251. The minimum Gasteiger partial charge on any atom is -0.493 e. The van der Waals surface area contributed by atoms with Crippen molar-refractivity contribution in [1.29, 1.82) is 0 Å². The van der Waals surface area contributed by atoms with Gasteiger partial charge < -0.3 is 14.8 Å². The van der Waals surface area contributed by atoms with Gasteiger partial charge in [-0.3, -0.25) is 14.2 Å². The summed E-state index contributed by atoms with van der Waals surface area (Å²) in [4.78, 5) is 33.7. The molecule has 0 bridgehead atoms. The standard InChI is InChI=1S/C33H26ClN3O4S2/c1-20-28(31(38)36-23-12-7-4-8-13-23)29(26-14-9-15-42-26)37-32(39)27(43-33(37)35-20)18-22-16-24(34)30(25(17-22)40-2)41-19-21-10-5-3-6-11-21/h3-18,29H,19H2,1-2H3,(H,36,38)/t29-/m0/s1. The molecule has 1 N–H and O–H groups in total. The van der Waals surface area contributed by atoms with E-state index in [1.54, 1.807) is 36.8 Å². The molecule has 1 amide bonds.